The first-order chi connectivity index (χ1) is 70.5. The normalized spacial score (nSPS) is 16.5. The number of nitrogens with zero attached hydrogens (tertiary/aromatic N) is 6. The maximum absolute atomic E-state index is 12.3. The van der Waals surface area contributed by atoms with E-state index >= 15 is 0 Å². The number of nitrogens with two attached hydrogens (primary N) is 1. The number of aliphatic hydroxyl groups is 9. The monoisotopic (exact) mass is 2230 g/mol. The van der Waals surface area contributed by atoms with Crippen molar-refractivity contribution < 1.29 is 112 Å². The van der Waals surface area contributed by atoms with Gasteiger partial charge in [-0.25, -0.2) is 9.97 Å². The molecule has 1 aliphatic carbocycles. The van der Waals surface area contributed by atoms with E-state index in [1.807, 2.05) is 92.0 Å². The molecular formula is C116H177ClIKN12O12S3. The molecule has 2 aliphatic heterocycles. The number of phenolic OH excluding ortho intramolecular Hbond substituents is 1. The van der Waals surface area contributed by atoms with Crippen molar-refractivity contribution in [1.82, 2.24) is 45.9 Å². The number of benzene rings is 6. The Hall–Kier alpha value is -5.48. The molecule has 0 bridgehead atoms. The summed E-state index contributed by atoms with van der Waals surface area (Å²) in [6, 6.07) is 46.0. The first kappa shape index (κ1) is 131. The first-order valence-electron chi connectivity index (χ1n) is 53.9. The van der Waals surface area contributed by atoms with E-state index in [9.17, 15) is 45.6 Å². The van der Waals surface area contributed by atoms with Crippen LogP contribution in [0.15, 0.2) is 179 Å². The number of hydrogen-bond donors (Lipinski definition) is 16. The molecule has 9 aromatic rings. The summed E-state index contributed by atoms with van der Waals surface area (Å²) in [6.07, 6.45) is 54.0. The number of unbranched alkanes of at least 4 members (excludes halogenated alkanes) is 25. The van der Waals surface area contributed by atoms with E-state index < -0.39 is 36.5 Å². The third-order valence-corrected chi connectivity index (χ3v) is 28.9. The molecule has 2 saturated heterocycles. The van der Waals surface area contributed by atoms with Crippen molar-refractivity contribution in [2.45, 2.75) is 358 Å². The van der Waals surface area contributed by atoms with Gasteiger partial charge in [0.1, 0.15) is 11.8 Å². The summed E-state index contributed by atoms with van der Waals surface area (Å²) in [6.45, 7) is 13.1. The van der Waals surface area contributed by atoms with E-state index in [1.165, 1.54) is 221 Å². The Morgan fingerprint density at radius 1 is 0.610 bits per heavy atom. The van der Waals surface area contributed by atoms with Gasteiger partial charge in [-0.3, -0.25) is 30.9 Å². The molecule has 0 unspecified atom stereocenters. The topological polar surface area (TPSA) is 377 Å². The number of likely N-dealkylation sites (tertiary alicyclic amines) is 1. The second-order valence-corrected chi connectivity index (χ2v) is 41.3. The molecule has 1 saturated carbocycles. The zero-order valence-electron chi connectivity index (χ0n) is 89.0. The van der Waals surface area contributed by atoms with Crippen molar-refractivity contribution in [3.8, 4) is 39.7 Å². The van der Waals surface area contributed by atoms with Crippen LogP contribution < -0.4 is 83.7 Å². The molecule has 3 aromatic heterocycles. The maximum Gasteiger partial charge on any atom is 1.00 e. The van der Waals surface area contributed by atoms with Gasteiger partial charge in [-0.1, -0.05) is 351 Å². The molecular weight excluding hydrogens is 2050 g/mol. The van der Waals surface area contributed by atoms with Crippen LogP contribution in [0.1, 0.15) is 305 Å². The number of likely N-dealkylation sites (N-methyl/N-ethyl adjacent to an activating group) is 2. The molecule has 0 radical (unpaired) electrons. The Morgan fingerprint density at radius 2 is 1.12 bits per heavy atom. The average Bonchev–Trinajstić information content (AvgIpc) is 1.69. The van der Waals surface area contributed by atoms with Crippen molar-refractivity contribution in [2.75, 3.05) is 77.8 Å². The second-order valence-electron chi connectivity index (χ2n) is 39.1. The number of hydrogen-bond acceptors (Lipinski definition) is 26. The maximum atomic E-state index is 12.3. The summed E-state index contributed by atoms with van der Waals surface area (Å²) < 4.78 is 5.43. The standard InChI is InChI=1S/C24H29N3O2S.C22H30N4O3.C20H41NO2.C18H39NO2.C17H27NO2.C15H11ClN2OS.IS.K/c1-17-2-6-19(7-3-17)23-16-30-24(26-23)25-20-8-4-18(5-9-20)10-12-27-13-11-22(29)14-21(27)15-28;1-14(24-22(28)20-18(27)12-13-23-20)16-7-9-17(10-8-16)21-25-19(29-26-21)11-6-15-4-2-3-5-15;1-4-5-6-7-8-9-10-11-12-13-14-15-16-17-20(23)19(18-22)21(2)3;1-2-3-4-5-6-7-8-9-10-11-12-13-14-15-18(21)17(19)16-20;1-3-4-5-6-14-7-9-15(10-8-14)11-12-17(20)16(13-19)18-2;16-11-3-1-10(2-4-11)14-9-20-15(18-14)17-12-5-7-13(19)8-6-12;1-2;/h2-9,16,21-22,28-29H,10-15H2,1H3,(H,25,26);7-10,14-15,18,20,23,27H,2-6,11-13H2,1H3,(H,24,28);16-17,19-20,22-23H,4-15,18H2,1-3H3;17-18,20-21H,2-16,19H2,1H3;7-12,16-20H,3-6,13H2,1-2H3;1-9,19H,(H,17,18);;/q;;;;;;-1;+1/b;;17-16+;;12-11+;;;/t21-,22+;14-,18-,20-;19-,20+;17-,18+;16-,17+;;;/m10001.../s1. The molecule has 11 atom stereocenters. The van der Waals surface area contributed by atoms with Crippen molar-refractivity contribution in [3.05, 3.63) is 213 Å². The van der Waals surface area contributed by atoms with Crippen LogP contribution >= 0.6 is 55.5 Å². The van der Waals surface area contributed by atoms with E-state index in [0.717, 1.165) is 131 Å². The van der Waals surface area contributed by atoms with Crippen LogP contribution in [0.5, 0.6) is 5.75 Å². The number of allylic oxidation sites excluding steroid dienone is 1. The molecule has 17 N–H and O–H groups in total. The van der Waals surface area contributed by atoms with Gasteiger partial charge < -0.3 is 103 Å². The molecule has 5 heterocycles. The van der Waals surface area contributed by atoms with Gasteiger partial charge in [-0.05, 0) is 182 Å². The fourth-order valence-electron chi connectivity index (χ4n) is 17.7. The Bertz CT molecular complexity index is 4790. The summed E-state index contributed by atoms with van der Waals surface area (Å²) >= 11 is 10.7. The molecule has 24 nitrogen and oxygen atoms in total. The summed E-state index contributed by atoms with van der Waals surface area (Å²) in [5.41, 5.74) is 18.4. The number of nitrogens with one attached hydrogen (secondary N) is 5. The number of halogens is 2. The number of phenols is 1. The minimum atomic E-state index is -0.686. The van der Waals surface area contributed by atoms with Gasteiger partial charge in [-0.15, -0.1) is 22.7 Å². The first-order valence-corrected chi connectivity index (χ1v) is 58.9. The number of rotatable bonds is 58. The molecule has 6 aromatic carbocycles. The van der Waals surface area contributed by atoms with Crippen molar-refractivity contribution in [1.29, 1.82) is 0 Å². The molecule has 30 heteroatoms. The van der Waals surface area contributed by atoms with Gasteiger partial charge in [-0.2, -0.15) is 4.98 Å². The third-order valence-electron chi connectivity index (χ3n) is 27.1. The number of aryl methyl sites for hydroxylation is 3. The number of carbonyl (C=O) groups is 1. The minimum Gasteiger partial charge on any atom is -0.713 e. The van der Waals surface area contributed by atoms with E-state index in [-0.39, 0.29) is 120 Å². The van der Waals surface area contributed by atoms with Crippen molar-refractivity contribution in [3.63, 3.8) is 0 Å². The predicted octanol–water partition coefficient (Wildman–Crippen LogP) is 20.8. The summed E-state index contributed by atoms with van der Waals surface area (Å²) in [4.78, 5) is 30.2. The molecule has 1 amide bonds. The molecule has 806 valence electrons. The Kier molecular flexibility index (Phi) is 72.1. The van der Waals surface area contributed by atoms with E-state index in [4.69, 9.17) is 37.1 Å². The van der Waals surface area contributed by atoms with Crippen molar-refractivity contribution >= 4 is 98.9 Å². The molecule has 3 fully saturated rings. The SMILES string of the molecule is CCCCCCCCCCCCC/C=C/[C@@H](O)[C@H](CO)N(C)C.CCCCCCCCCCCCCCC[C@@H](O)[C@@H](N)CO.CCCCCc1ccc(/C=C/[C@H](O)[C@@H](CO)NC)cc1.C[C@H](NC(=O)[C@H]1NCC[C@@H]1O)c1ccc(-c2noc(CCC3CCCC3)n2)cc1.Cc1ccc(-c2csc(Nc3ccc(CCN4CC[C@H](O)C[C@@H]4CO)cc3)n2)cc1.Oc1ccc(Nc2nc(-c3ccc(Cl)cc3)cs2)cc1.[K+].[S-]I. The summed E-state index contributed by atoms with van der Waals surface area (Å²) in [5.74, 6) is 2.20. The smallest absolute Gasteiger partial charge is 0.713 e. The van der Waals surface area contributed by atoms with Gasteiger partial charge in [0.05, 0.1) is 92.5 Å². The molecule has 3 aliphatic rings. The van der Waals surface area contributed by atoms with E-state index in [2.05, 4.69) is 168 Å². The van der Waals surface area contributed by atoms with Crippen LogP contribution in [0, 0.1) is 12.8 Å². The number of aromatic nitrogens is 4. The summed E-state index contributed by atoms with van der Waals surface area (Å²) in [7, 11) is 9.53. The predicted molar refractivity (Wildman–Crippen MR) is 615 cm³/mol. The Balaban J connectivity index is 0.000000309. The number of anilines is 4. The van der Waals surface area contributed by atoms with Crippen LogP contribution in [-0.4, -0.2) is 215 Å². The van der Waals surface area contributed by atoms with Crippen LogP contribution in [0.25, 0.3) is 40.0 Å². The van der Waals surface area contributed by atoms with E-state index in [1.54, 1.807) is 69.9 Å². The molecule has 12 rings (SSSR count). The van der Waals surface area contributed by atoms with Crippen LogP contribution in [0.3, 0.4) is 0 Å². The van der Waals surface area contributed by atoms with Gasteiger partial charge in [0.2, 0.25) is 17.6 Å². The largest absolute Gasteiger partial charge is 1.00 e. The number of aliphatic hydroxyl groups excluding tert-OH is 9. The van der Waals surface area contributed by atoms with Crippen molar-refractivity contribution in [2.24, 2.45) is 11.7 Å². The van der Waals surface area contributed by atoms with Gasteiger partial charge in [0.15, 0.2) is 10.3 Å². The Morgan fingerprint density at radius 3 is 1.62 bits per heavy atom. The zero-order chi connectivity index (χ0) is 105. The second kappa shape index (κ2) is 80.4. The number of carbonyl (C=O) groups excluding carboxylic acids is 1. The quantitative estimate of drug-likeness (QED) is 0.00420. The van der Waals surface area contributed by atoms with Gasteiger partial charge in [0.25, 0.3) is 0 Å². The zero-order valence-corrected chi connectivity index (χ0v) is 97.5. The molecule has 0 spiro atoms. The molecule has 146 heavy (non-hydrogen) atoms. The fraction of sp³-hybridized carbons (Fsp3) is 0.578. The number of thiazole rings is 2. The van der Waals surface area contributed by atoms with Crippen LogP contribution in [0.2, 0.25) is 5.02 Å². The Labute approximate surface area is 948 Å². The van der Waals surface area contributed by atoms with Gasteiger partial charge in [0, 0.05) is 69.4 Å². The average molecular weight is 2230 g/mol. The van der Waals surface area contributed by atoms with Gasteiger partial charge >= 0.3 is 51.4 Å². The number of amides is 1. The number of piperidine rings is 1. The summed E-state index contributed by atoms with van der Waals surface area (Å²) in [5, 5.41) is 121. The number of aromatic hydroxyl groups is 1. The van der Waals surface area contributed by atoms with Crippen LogP contribution in [0.4, 0.5) is 21.6 Å². The van der Waals surface area contributed by atoms with E-state index in [0.29, 0.717) is 36.1 Å². The fourth-order valence-corrected chi connectivity index (χ4v) is 19.3. The minimum absolute atomic E-state index is 0. The third kappa shape index (κ3) is 54.4. The van der Waals surface area contributed by atoms with Crippen LogP contribution in [-0.2, 0) is 33.9 Å².